The Bertz CT molecular complexity index is 935. The number of nitrogens with zero attached hydrogens (tertiary/aromatic N) is 2. The van der Waals surface area contributed by atoms with Gasteiger partial charge in [0, 0.05) is 12.4 Å². The summed E-state index contributed by atoms with van der Waals surface area (Å²) in [4.78, 5) is 29.8. The summed E-state index contributed by atoms with van der Waals surface area (Å²) in [6.45, 7) is 0.596. The fourth-order valence-electron chi connectivity index (χ4n) is 3.49. The zero-order chi connectivity index (χ0) is 20.5. The Morgan fingerprint density at radius 1 is 1.34 bits per heavy atom. The number of pyridine rings is 1. The van der Waals surface area contributed by atoms with E-state index in [2.05, 4.69) is 4.98 Å². The van der Waals surface area contributed by atoms with Gasteiger partial charge in [0.1, 0.15) is 29.2 Å². The average molecular weight is 397 g/mol. The maximum atomic E-state index is 12.5. The molecule has 1 unspecified atom stereocenters. The van der Waals surface area contributed by atoms with Crippen LogP contribution in [0, 0.1) is 0 Å². The number of amides is 1. The van der Waals surface area contributed by atoms with Crippen LogP contribution in [0.25, 0.3) is 0 Å². The van der Waals surface area contributed by atoms with Crippen LogP contribution in [0.2, 0.25) is 6.32 Å². The first-order valence-corrected chi connectivity index (χ1v) is 9.29. The molecule has 0 aliphatic carbocycles. The molecule has 0 radical (unpaired) electrons. The second-order valence-electron chi connectivity index (χ2n) is 7.09. The number of carboxylic acids is 1. The van der Waals surface area contributed by atoms with E-state index in [-0.39, 0.29) is 29.1 Å². The van der Waals surface area contributed by atoms with Gasteiger partial charge in [-0.3, -0.25) is 9.78 Å². The number of likely N-dealkylation sites (tertiary alicyclic amines) is 1. The lowest BCUT2D eigenvalue weighted by Crippen LogP contribution is -2.58. The topological polar surface area (TPSA) is 135 Å². The summed E-state index contributed by atoms with van der Waals surface area (Å²) >= 11 is 0. The number of carbonyl (C=O) groups is 2. The molecule has 1 saturated heterocycles. The molecule has 0 bridgehead atoms. The molecule has 0 saturated carbocycles. The predicted octanol–water partition coefficient (Wildman–Crippen LogP) is 0.485. The van der Waals surface area contributed by atoms with Crippen molar-refractivity contribution < 1.29 is 29.1 Å². The number of nitrogens with two attached hydrogens (primary N) is 1. The monoisotopic (exact) mass is 397 g/mol. The minimum absolute atomic E-state index is 0.113. The molecule has 3 heterocycles. The molecule has 1 fully saturated rings. The van der Waals surface area contributed by atoms with E-state index < -0.39 is 19.1 Å². The molecule has 1 amide bonds. The van der Waals surface area contributed by atoms with Crippen LogP contribution < -0.4 is 15.1 Å². The highest BCUT2D eigenvalue weighted by molar-refractivity contribution is 6.44. The second-order valence-corrected chi connectivity index (χ2v) is 7.09. The highest BCUT2D eigenvalue weighted by Gasteiger charge is 2.37. The van der Waals surface area contributed by atoms with Crippen molar-refractivity contribution in [2.45, 2.75) is 24.9 Å². The Morgan fingerprint density at radius 2 is 2.14 bits per heavy atom. The van der Waals surface area contributed by atoms with Gasteiger partial charge in [-0.2, -0.15) is 0 Å². The zero-order valence-electron chi connectivity index (χ0n) is 15.5. The van der Waals surface area contributed by atoms with E-state index in [1.807, 2.05) is 0 Å². The molecule has 2 aliphatic heterocycles. The summed E-state index contributed by atoms with van der Waals surface area (Å²) in [5.41, 5.74) is 7.24. The lowest BCUT2D eigenvalue weighted by Gasteiger charge is -2.40. The average Bonchev–Trinajstić information content (AvgIpc) is 2.69. The smallest absolute Gasteiger partial charge is 0.522 e. The van der Waals surface area contributed by atoms with Gasteiger partial charge in [0.25, 0.3) is 0 Å². The van der Waals surface area contributed by atoms with E-state index in [0.29, 0.717) is 37.0 Å². The lowest BCUT2D eigenvalue weighted by molar-refractivity contribution is -0.141. The molecule has 4 rings (SSSR count). The van der Waals surface area contributed by atoms with Crippen molar-refractivity contribution in [1.29, 1.82) is 0 Å². The van der Waals surface area contributed by atoms with Crippen LogP contribution in [0.4, 0.5) is 0 Å². The SMILES string of the molecule is NC(C(=O)N1CC(Oc2ccc3c(c2C(=O)O)OB(O)CC3)C1)c1cccnc1. The fraction of sp³-hybridized carbons (Fsp3) is 0.316. The van der Waals surface area contributed by atoms with Crippen LogP contribution in [0.3, 0.4) is 0 Å². The van der Waals surface area contributed by atoms with Gasteiger partial charge < -0.3 is 30.2 Å². The van der Waals surface area contributed by atoms with Gasteiger partial charge in [-0.1, -0.05) is 12.1 Å². The molecular weight excluding hydrogens is 377 g/mol. The van der Waals surface area contributed by atoms with Gasteiger partial charge in [0.2, 0.25) is 5.91 Å². The summed E-state index contributed by atoms with van der Waals surface area (Å²) < 4.78 is 11.2. The number of carbonyl (C=O) groups excluding carboxylic acids is 1. The van der Waals surface area contributed by atoms with Crippen LogP contribution in [0.15, 0.2) is 36.7 Å². The van der Waals surface area contributed by atoms with Gasteiger partial charge in [0.15, 0.2) is 0 Å². The van der Waals surface area contributed by atoms with Crippen LogP contribution >= 0.6 is 0 Å². The molecule has 29 heavy (non-hydrogen) atoms. The maximum absolute atomic E-state index is 12.5. The Labute approximate surface area is 167 Å². The van der Waals surface area contributed by atoms with Crippen molar-refractivity contribution in [2.24, 2.45) is 5.73 Å². The molecule has 4 N–H and O–H groups in total. The van der Waals surface area contributed by atoms with Gasteiger partial charge in [0.05, 0.1) is 13.1 Å². The summed E-state index contributed by atoms with van der Waals surface area (Å²) in [7, 11) is -1.04. The molecular formula is C19H20BN3O6. The van der Waals surface area contributed by atoms with Gasteiger partial charge >= 0.3 is 13.1 Å². The standard InChI is InChI=1S/C19H20BN3O6/c21-16(12-2-1-7-22-8-12)18(24)23-9-13(10-23)28-14-4-3-11-5-6-20(27)29-17(11)15(14)19(25)26/h1-4,7-8,13,16,27H,5-6,9-10,21H2,(H,25,26). The number of aryl methyl sites for hydroxylation is 1. The summed E-state index contributed by atoms with van der Waals surface area (Å²) in [5.74, 6) is -1.15. The molecule has 1 aromatic carbocycles. The number of hydrogen-bond acceptors (Lipinski definition) is 7. The first-order valence-electron chi connectivity index (χ1n) is 9.29. The number of carboxylic acid groups (broad SMARTS) is 1. The normalized spacial score (nSPS) is 17.0. The first-order chi connectivity index (χ1) is 13.9. The highest BCUT2D eigenvalue weighted by atomic mass is 16.5. The lowest BCUT2D eigenvalue weighted by atomic mass is 9.78. The number of aromatic nitrogens is 1. The minimum Gasteiger partial charge on any atom is -0.535 e. The fourth-order valence-corrected chi connectivity index (χ4v) is 3.49. The van der Waals surface area contributed by atoms with Crippen molar-refractivity contribution >= 4 is 19.0 Å². The Kier molecular flexibility index (Phi) is 5.12. The number of aromatic carboxylic acids is 1. The molecule has 2 aromatic rings. The largest absolute Gasteiger partial charge is 0.535 e. The van der Waals surface area contributed by atoms with E-state index in [4.69, 9.17) is 15.1 Å². The number of hydrogen-bond donors (Lipinski definition) is 3. The van der Waals surface area contributed by atoms with E-state index in [1.165, 1.54) is 0 Å². The maximum Gasteiger partial charge on any atom is 0.522 e. The summed E-state index contributed by atoms with van der Waals surface area (Å²) in [6, 6.07) is 5.98. The van der Waals surface area contributed by atoms with Crippen molar-refractivity contribution in [2.75, 3.05) is 13.1 Å². The van der Waals surface area contributed by atoms with E-state index >= 15 is 0 Å². The summed E-state index contributed by atoms with van der Waals surface area (Å²) in [6.07, 6.45) is 3.73. The Hall–Kier alpha value is -3.11. The molecule has 2 aliphatic rings. The second kappa shape index (κ2) is 7.73. The van der Waals surface area contributed by atoms with Crippen molar-refractivity contribution in [3.8, 4) is 11.5 Å². The summed E-state index contributed by atoms with van der Waals surface area (Å²) in [5, 5.41) is 19.3. The Balaban J connectivity index is 1.43. The molecule has 150 valence electrons. The van der Waals surface area contributed by atoms with Crippen molar-refractivity contribution in [3.05, 3.63) is 53.3 Å². The molecule has 1 aromatic heterocycles. The van der Waals surface area contributed by atoms with Gasteiger partial charge in [-0.25, -0.2) is 4.79 Å². The number of ether oxygens (including phenoxy) is 1. The number of fused-ring (bicyclic) bond motifs is 1. The van der Waals surface area contributed by atoms with Crippen LogP contribution in [-0.2, 0) is 11.2 Å². The highest BCUT2D eigenvalue weighted by Crippen LogP contribution is 2.37. The molecule has 0 spiro atoms. The van der Waals surface area contributed by atoms with E-state index in [9.17, 15) is 19.7 Å². The quantitative estimate of drug-likeness (QED) is 0.621. The van der Waals surface area contributed by atoms with Crippen LogP contribution in [0.5, 0.6) is 11.5 Å². The van der Waals surface area contributed by atoms with E-state index in [1.54, 1.807) is 41.6 Å². The molecule has 10 heteroatoms. The number of benzene rings is 1. The zero-order valence-corrected chi connectivity index (χ0v) is 15.5. The number of rotatable bonds is 5. The van der Waals surface area contributed by atoms with E-state index in [0.717, 1.165) is 0 Å². The predicted molar refractivity (Wildman–Crippen MR) is 103 cm³/mol. The van der Waals surface area contributed by atoms with Crippen LogP contribution in [0.1, 0.15) is 27.5 Å². The van der Waals surface area contributed by atoms with Gasteiger partial charge in [-0.05, 0) is 36.0 Å². The Morgan fingerprint density at radius 3 is 2.83 bits per heavy atom. The third-order valence-corrected chi connectivity index (χ3v) is 5.09. The van der Waals surface area contributed by atoms with Crippen LogP contribution in [-0.4, -0.2) is 58.2 Å². The third kappa shape index (κ3) is 3.76. The van der Waals surface area contributed by atoms with Crippen molar-refractivity contribution in [3.63, 3.8) is 0 Å². The third-order valence-electron chi connectivity index (χ3n) is 5.09. The molecule has 1 atom stereocenters. The molecule has 9 nitrogen and oxygen atoms in total. The van der Waals surface area contributed by atoms with Crippen molar-refractivity contribution in [1.82, 2.24) is 9.88 Å². The first kappa shape index (κ1) is 19.2. The minimum atomic E-state index is -1.20. The van der Waals surface area contributed by atoms with Gasteiger partial charge in [-0.15, -0.1) is 0 Å².